The number of hydrogen-bond acceptors (Lipinski definition) is 1. The Morgan fingerprint density at radius 2 is 2.20 bits per heavy atom. The van der Waals surface area contributed by atoms with E-state index in [4.69, 9.17) is 0 Å². The van der Waals surface area contributed by atoms with Gasteiger partial charge in [0.05, 0.1) is 0 Å². The lowest BCUT2D eigenvalue weighted by Crippen LogP contribution is -2.55. The first-order valence-corrected chi connectivity index (χ1v) is 4.32. The number of nitrogens with one attached hydrogen (secondary N) is 1. The van der Waals surface area contributed by atoms with Gasteiger partial charge in [0.15, 0.2) is 0 Å². The third-order valence-electron chi connectivity index (χ3n) is 3.62. The Bertz CT molecular complexity index is 122. The Morgan fingerprint density at radius 3 is 2.40 bits per heavy atom. The summed E-state index contributed by atoms with van der Waals surface area (Å²) in [6.07, 6.45) is 2.67. The summed E-state index contributed by atoms with van der Waals surface area (Å²) in [6, 6.07) is 0.771. The van der Waals surface area contributed by atoms with Crippen LogP contribution >= 0.6 is 0 Å². The second kappa shape index (κ2) is 2.54. The van der Waals surface area contributed by atoms with Crippen LogP contribution in [0.25, 0.3) is 0 Å². The Hall–Kier alpha value is -0.0400. The fraction of sp³-hybridized carbons (Fsp3) is 1.00. The first kappa shape index (κ1) is 8.06. The minimum Gasteiger partial charge on any atom is -0.316 e. The summed E-state index contributed by atoms with van der Waals surface area (Å²) in [7, 11) is 2.07. The van der Waals surface area contributed by atoms with E-state index in [1.165, 1.54) is 12.8 Å². The lowest BCUT2D eigenvalue weighted by Gasteiger charge is -2.52. The third-order valence-corrected chi connectivity index (χ3v) is 3.62. The van der Waals surface area contributed by atoms with Gasteiger partial charge in [-0.2, -0.15) is 0 Å². The molecule has 3 atom stereocenters. The molecule has 0 aliphatic heterocycles. The van der Waals surface area contributed by atoms with Crippen molar-refractivity contribution < 1.29 is 0 Å². The van der Waals surface area contributed by atoms with Crippen LogP contribution in [0.15, 0.2) is 0 Å². The van der Waals surface area contributed by atoms with E-state index in [1.54, 1.807) is 0 Å². The highest BCUT2D eigenvalue weighted by molar-refractivity contribution is 5.00. The predicted molar refractivity (Wildman–Crippen MR) is 45.0 cm³/mol. The molecule has 0 bridgehead atoms. The summed E-state index contributed by atoms with van der Waals surface area (Å²) >= 11 is 0. The quantitative estimate of drug-likeness (QED) is 0.620. The van der Waals surface area contributed by atoms with Crippen molar-refractivity contribution in [2.75, 3.05) is 7.05 Å². The van der Waals surface area contributed by atoms with Crippen LogP contribution in [0.4, 0.5) is 0 Å². The van der Waals surface area contributed by atoms with Crippen LogP contribution in [-0.2, 0) is 0 Å². The van der Waals surface area contributed by atoms with Crippen molar-refractivity contribution in [2.45, 2.75) is 39.7 Å². The Balaban J connectivity index is 2.54. The van der Waals surface area contributed by atoms with Gasteiger partial charge in [-0.25, -0.2) is 0 Å². The molecule has 1 aliphatic carbocycles. The molecule has 0 radical (unpaired) electrons. The van der Waals surface area contributed by atoms with Crippen LogP contribution in [0.3, 0.4) is 0 Å². The molecule has 1 N–H and O–H groups in total. The standard InChI is InChI=1S/C9H19N/c1-5-9(3)7(2)6-8(9)10-4/h7-8,10H,5-6H2,1-4H3. The molecule has 1 heteroatoms. The maximum Gasteiger partial charge on any atom is 0.0123 e. The van der Waals surface area contributed by atoms with Gasteiger partial charge in [0, 0.05) is 6.04 Å². The lowest BCUT2D eigenvalue weighted by atomic mass is 9.57. The van der Waals surface area contributed by atoms with Gasteiger partial charge < -0.3 is 5.32 Å². The molecular formula is C9H19N. The predicted octanol–water partition coefficient (Wildman–Crippen LogP) is 2.03. The summed E-state index contributed by atoms with van der Waals surface area (Å²) in [4.78, 5) is 0. The molecule has 1 nitrogen and oxygen atoms in total. The third kappa shape index (κ3) is 0.878. The molecule has 1 fully saturated rings. The highest BCUT2D eigenvalue weighted by atomic mass is 14.9. The fourth-order valence-electron chi connectivity index (χ4n) is 2.12. The van der Waals surface area contributed by atoms with Crippen LogP contribution in [0.5, 0.6) is 0 Å². The van der Waals surface area contributed by atoms with E-state index in [0.717, 1.165) is 12.0 Å². The molecule has 0 saturated heterocycles. The average Bonchev–Trinajstić information content (AvgIpc) is 1.98. The molecule has 1 rings (SSSR count). The minimum atomic E-state index is 0.578. The maximum absolute atomic E-state index is 3.37. The van der Waals surface area contributed by atoms with Crippen molar-refractivity contribution in [3.05, 3.63) is 0 Å². The Kier molecular flexibility index (Phi) is 2.04. The zero-order valence-electron chi connectivity index (χ0n) is 7.57. The molecule has 0 aromatic carbocycles. The second-order valence-electron chi connectivity index (χ2n) is 3.84. The second-order valence-corrected chi connectivity index (χ2v) is 3.84. The molecule has 0 aromatic heterocycles. The van der Waals surface area contributed by atoms with Gasteiger partial charge in [0.25, 0.3) is 0 Å². The van der Waals surface area contributed by atoms with E-state index in [2.05, 4.69) is 33.1 Å². The molecule has 60 valence electrons. The van der Waals surface area contributed by atoms with E-state index in [1.807, 2.05) is 0 Å². The summed E-state index contributed by atoms with van der Waals surface area (Å²) in [5, 5.41) is 3.37. The smallest absolute Gasteiger partial charge is 0.0123 e. The molecule has 0 heterocycles. The van der Waals surface area contributed by atoms with E-state index in [9.17, 15) is 0 Å². The van der Waals surface area contributed by atoms with E-state index in [0.29, 0.717) is 5.41 Å². The van der Waals surface area contributed by atoms with Crippen molar-refractivity contribution in [2.24, 2.45) is 11.3 Å². The average molecular weight is 141 g/mol. The number of hydrogen-bond donors (Lipinski definition) is 1. The summed E-state index contributed by atoms with van der Waals surface area (Å²) in [5.74, 6) is 0.912. The highest BCUT2D eigenvalue weighted by Crippen LogP contribution is 2.48. The molecule has 1 aliphatic rings. The molecule has 0 amide bonds. The lowest BCUT2D eigenvalue weighted by molar-refractivity contribution is 0.00904. The van der Waals surface area contributed by atoms with Crippen LogP contribution in [-0.4, -0.2) is 13.1 Å². The van der Waals surface area contributed by atoms with Gasteiger partial charge in [0.1, 0.15) is 0 Å². The first-order valence-electron chi connectivity index (χ1n) is 4.32. The molecule has 3 unspecified atom stereocenters. The monoisotopic (exact) mass is 141 g/mol. The maximum atomic E-state index is 3.37. The zero-order valence-corrected chi connectivity index (χ0v) is 7.57. The molecule has 10 heavy (non-hydrogen) atoms. The van der Waals surface area contributed by atoms with Gasteiger partial charge in [-0.15, -0.1) is 0 Å². The van der Waals surface area contributed by atoms with Crippen molar-refractivity contribution in [3.63, 3.8) is 0 Å². The van der Waals surface area contributed by atoms with Crippen molar-refractivity contribution in [3.8, 4) is 0 Å². The van der Waals surface area contributed by atoms with Gasteiger partial charge in [-0.1, -0.05) is 20.8 Å². The molecule has 0 aromatic rings. The summed E-state index contributed by atoms with van der Waals surface area (Å²) in [5.41, 5.74) is 0.578. The number of rotatable bonds is 2. The van der Waals surface area contributed by atoms with E-state index in [-0.39, 0.29) is 0 Å². The van der Waals surface area contributed by atoms with Crippen LogP contribution in [0.2, 0.25) is 0 Å². The summed E-state index contributed by atoms with van der Waals surface area (Å²) in [6.45, 7) is 7.04. The fourth-order valence-corrected chi connectivity index (χ4v) is 2.12. The topological polar surface area (TPSA) is 12.0 Å². The van der Waals surface area contributed by atoms with Crippen molar-refractivity contribution in [1.29, 1.82) is 0 Å². The SMILES string of the molecule is CCC1(C)C(C)CC1NC. The largest absolute Gasteiger partial charge is 0.316 e. The molecule has 1 saturated carbocycles. The van der Waals surface area contributed by atoms with Gasteiger partial charge in [0.2, 0.25) is 0 Å². The molecular weight excluding hydrogens is 122 g/mol. The van der Waals surface area contributed by atoms with E-state index < -0.39 is 0 Å². The first-order chi connectivity index (χ1) is 4.65. The van der Waals surface area contributed by atoms with Crippen molar-refractivity contribution >= 4 is 0 Å². The Morgan fingerprint density at radius 1 is 1.60 bits per heavy atom. The van der Waals surface area contributed by atoms with E-state index >= 15 is 0 Å². The zero-order chi connectivity index (χ0) is 7.78. The van der Waals surface area contributed by atoms with Crippen LogP contribution in [0.1, 0.15) is 33.6 Å². The molecule has 0 spiro atoms. The van der Waals surface area contributed by atoms with Gasteiger partial charge in [-0.3, -0.25) is 0 Å². The Labute approximate surface area is 64.2 Å². The van der Waals surface area contributed by atoms with Crippen LogP contribution in [0, 0.1) is 11.3 Å². The minimum absolute atomic E-state index is 0.578. The highest BCUT2D eigenvalue weighted by Gasteiger charge is 2.46. The normalized spacial score (nSPS) is 46.8. The van der Waals surface area contributed by atoms with Gasteiger partial charge in [-0.05, 0) is 31.2 Å². The van der Waals surface area contributed by atoms with Crippen molar-refractivity contribution in [1.82, 2.24) is 5.32 Å². The van der Waals surface area contributed by atoms with Gasteiger partial charge >= 0.3 is 0 Å². The summed E-state index contributed by atoms with van der Waals surface area (Å²) < 4.78 is 0. The van der Waals surface area contributed by atoms with Crippen LogP contribution < -0.4 is 5.32 Å².